The Morgan fingerprint density at radius 2 is 1.77 bits per heavy atom. The van der Waals surface area contributed by atoms with E-state index < -0.39 is 9.84 Å². The van der Waals surface area contributed by atoms with Crippen LogP contribution >= 0.6 is 11.8 Å². The minimum absolute atomic E-state index is 0.0788. The van der Waals surface area contributed by atoms with Crippen LogP contribution in [0.25, 0.3) is 0 Å². The van der Waals surface area contributed by atoms with E-state index in [1.54, 1.807) is 24.3 Å². The van der Waals surface area contributed by atoms with Crippen LogP contribution in [-0.4, -0.2) is 26.3 Å². The molecule has 0 aliphatic carbocycles. The summed E-state index contributed by atoms with van der Waals surface area (Å²) >= 11 is 1.24. The molecular formula is C15H14FNO3S2. The third kappa shape index (κ3) is 4.57. The average molecular weight is 339 g/mol. The predicted octanol–water partition coefficient (Wildman–Crippen LogP) is 2.96. The van der Waals surface area contributed by atoms with Gasteiger partial charge in [-0.05, 0) is 36.4 Å². The van der Waals surface area contributed by atoms with Gasteiger partial charge in [0.05, 0.1) is 16.3 Å². The standard InChI is InChI=1S/C15H14FNO3S2/c1-22(19,20)14-5-3-2-4-13(14)17-15(18)10-21-12-8-6-11(16)7-9-12/h2-9H,10H2,1H3,(H,17,18). The Morgan fingerprint density at radius 1 is 1.14 bits per heavy atom. The maximum Gasteiger partial charge on any atom is 0.234 e. The van der Waals surface area contributed by atoms with Crippen LogP contribution in [0.4, 0.5) is 10.1 Å². The summed E-state index contributed by atoms with van der Waals surface area (Å²) in [7, 11) is -3.41. The van der Waals surface area contributed by atoms with Gasteiger partial charge >= 0.3 is 0 Å². The number of nitrogens with one attached hydrogen (secondary N) is 1. The Kier molecular flexibility index (Phi) is 5.20. The molecular weight excluding hydrogens is 325 g/mol. The quantitative estimate of drug-likeness (QED) is 0.851. The molecule has 0 aliphatic rings. The SMILES string of the molecule is CS(=O)(=O)c1ccccc1NC(=O)CSc1ccc(F)cc1. The summed E-state index contributed by atoms with van der Waals surface area (Å²) in [5.74, 6) is -0.565. The van der Waals surface area contributed by atoms with Gasteiger partial charge in [0, 0.05) is 11.2 Å². The van der Waals surface area contributed by atoms with E-state index in [0.29, 0.717) is 0 Å². The molecule has 0 spiro atoms. The summed E-state index contributed by atoms with van der Waals surface area (Å²) in [4.78, 5) is 12.8. The molecule has 0 unspecified atom stereocenters. The zero-order valence-corrected chi connectivity index (χ0v) is 13.4. The summed E-state index contributed by atoms with van der Waals surface area (Å²) in [6, 6.07) is 12.0. The van der Waals surface area contributed by atoms with Crippen molar-refractivity contribution < 1.29 is 17.6 Å². The molecule has 0 aromatic heterocycles. The second-order valence-electron chi connectivity index (χ2n) is 4.56. The fourth-order valence-corrected chi connectivity index (χ4v) is 3.30. The van der Waals surface area contributed by atoms with Gasteiger partial charge in [0.2, 0.25) is 5.91 Å². The van der Waals surface area contributed by atoms with Gasteiger partial charge in [-0.3, -0.25) is 4.79 Å². The van der Waals surface area contributed by atoms with Crippen molar-refractivity contribution in [3.63, 3.8) is 0 Å². The van der Waals surface area contributed by atoms with Gasteiger partial charge in [-0.2, -0.15) is 0 Å². The lowest BCUT2D eigenvalue weighted by molar-refractivity contribution is -0.113. The molecule has 2 aromatic carbocycles. The molecule has 7 heteroatoms. The smallest absolute Gasteiger partial charge is 0.234 e. The molecule has 0 atom stereocenters. The molecule has 2 aromatic rings. The van der Waals surface area contributed by atoms with Crippen molar-refractivity contribution in [1.29, 1.82) is 0 Å². The summed E-state index contributed by atoms with van der Waals surface area (Å²) < 4.78 is 36.1. The summed E-state index contributed by atoms with van der Waals surface area (Å²) in [6.45, 7) is 0. The second kappa shape index (κ2) is 6.93. The van der Waals surface area contributed by atoms with Crippen LogP contribution in [0, 0.1) is 5.82 Å². The first-order valence-electron chi connectivity index (χ1n) is 6.33. The molecule has 0 fully saturated rings. The number of hydrogen-bond acceptors (Lipinski definition) is 4. The highest BCUT2D eigenvalue weighted by Gasteiger charge is 2.14. The van der Waals surface area contributed by atoms with Crippen LogP contribution in [-0.2, 0) is 14.6 Å². The highest BCUT2D eigenvalue weighted by atomic mass is 32.2. The van der Waals surface area contributed by atoms with E-state index in [4.69, 9.17) is 0 Å². The molecule has 0 bridgehead atoms. The zero-order chi connectivity index (χ0) is 16.2. The lowest BCUT2D eigenvalue weighted by Gasteiger charge is -2.09. The van der Waals surface area contributed by atoms with Crippen molar-refractivity contribution in [3.05, 3.63) is 54.3 Å². The fourth-order valence-electron chi connectivity index (χ4n) is 1.76. The van der Waals surface area contributed by atoms with Crippen LogP contribution < -0.4 is 5.32 Å². The van der Waals surface area contributed by atoms with Crippen LogP contribution in [0.15, 0.2) is 58.3 Å². The number of rotatable bonds is 5. The first-order chi connectivity index (χ1) is 10.4. The lowest BCUT2D eigenvalue weighted by atomic mass is 10.3. The number of carbonyl (C=O) groups excluding carboxylic acids is 1. The topological polar surface area (TPSA) is 63.2 Å². The van der Waals surface area contributed by atoms with Gasteiger partial charge in [0.1, 0.15) is 5.82 Å². The van der Waals surface area contributed by atoms with Gasteiger partial charge in [0.25, 0.3) is 0 Å². The number of benzene rings is 2. The number of anilines is 1. The van der Waals surface area contributed by atoms with Gasteiger partial charge < -0.3 is 5.32 Å². The molecule has 0 aliphatic heterocycles. The van der Waals surface area contributed by atoms with E-state index in [2.05, 4.69) is 5.32 Å². The highest BCUT2D eigenvalue weighted by Crippen LogP contribution is 2.22. The normalized spacial score (nSPS) is 11.2. The van der Waals surface area contributed by atoms with Crippen molar-refractivity contribution in [3.8, 4) is 0 Å². The lowest BCUT2D eigenvalue weighted by Crippen LogP contribution is -2.16. The van der Waals surface area contributed by atoms with Gasteiger partial charge in [0.15, 0.2) is 9.84 Å². The van der Waals surface area contributed by atoms with E-state index in [-0.39, 0.29) is 28.1 Å². The van der Waals surface area contributed by atoms with E-state index in [1.807, 2.05) is 0 Å². The molecule has 0 radical (unpaired) electrons. The molecule has 0 saturated heterocycles. The maximum absolute atomic E-state index is 12.8. The Balaban J connectivity index is 2.02. The Hall–Kier alpha value is -1.86. The molecule has 1 amide bonds. The Labute approximate surface area is 132 Å². The minimum Gasteiger partial charge on any atom is -0.324 e. The number of sulfone groups is 1. The molecule has 22 heavy (non-hydrogen) atoms. The largest absolute Gasteiger partial charge is 0.324 e. The van der Waals surface area contributed by atoms with Crippen LogP contribution in [0.2, 0.25) is 0 Å². The number of carbonyl (C=O) groups is 1. The van der Waals surface area contributed by atoms with Crippen molar-refractivity contribution >= 4 is 33.2 Å². The van der Waals surface area contributed by atoms with E-state index >= 15 is 0 Å². The Morgan fingerprint density at radius 3 is 2.41 bits per heavy atom. The van der Waals surface area contributed by atoms with Crippen LogP contribution in [0.1, 0.15) is 0 Å². The number of halogens is 1. The third-order valence-electron chi connectivity index (χ3n) is 2.74. The molecule has 0 heterocycles. The molecule has 2 rings (SSSR count). The minimum atomic E-state index is -3.41. The molecule has 1 N–H and O–H groups in total. The second-order valence-corrected chi connectivity index (χ2v) is 7.59. The van der Waals surface area contributed by atoms with Gasteiger partial charge in [-0.25, -0.2) is 12.8 Å². The third-order valence-corrected chi connectivity index (χ3v) is 4.91. The molecule has 0 saturated carbocycles. The number of hydrogen-bond donors (Lipinski definition) is 1. The van der Waals surface area contributed by atoms with Crippen molar-refractivity contribution in [2.45, 2.75) is 9.79 Å². The number of thioether (sulfide) groups is 1. The van der Waals surface area contributed by atoms with E-state index in [1.165, 1.54) is 36.0 Å². The van der Waals surface area contributed by atoms with Crippen LogP contribution in [0.3, 0.4) is 0 Å². The first-order valence-corrected chi connectivity index (χ1v) is 9.21. The number of para-hydroxylation sites is 1. The molecule has 4 nitrogen and oxygen atoms in total. The monoisotopic (exact) mass is 339 g/mol. The van der Waals surface area contributed by atoms with Crippen molar-refractivity contribution in [1.82, 2.24) is 0 Å². The van der Waals surface area contributed by atoms with E-state index in [9.17, 15) is 17.6 Å². The van der Waals surface area contributed by atoms with E-state index in [0.717, 1.165) is 11.2 Å². The van der Waals surface area contributed by atoms with Crippen LogP contribution in [0.5, 0.6) is 0 Å². The fraction of sp³-hybridized carbons (Fsp3) is 0.133. The molecule has 116 valence electrons. The van der Waals surface area contributed by atoms with Crippen molar-refractivity contribution in [2.75, 3.05) is 17.3 Å². The summed E-state index contributed by atoms with van der Waals surface area (Å²) in [5, 5.41) is 2.59. The number of amides is 1. The van der Waals surface area contributed by atoms with Crippen molar-refractivity contribution in [2.24, 2.45) is 0 Å². The summed E-state index contributed by atoms with van der Waals surface area (Å²) in [5.41, 5.74) is 0.259. The Bertz CT molecular complexity index is 774. The highest BCUT2D eigenvalue weighted by molar-refractivity contribution is 8.00. The average Bonchev–Trinajstić information content (AvgIpc) is 2.46. The van der Waals surface area contributed by atoms with Gasteiger partial charge in [-0.1, -0.05) is 12.1 Å². The zero-order valence-electron chi connectivity index (χ0n) is 11.7. The first kappa shape index (κ1) is 16.5. The van der Waals surface area contributed by atoms with Gasteiger partial charge in [-0.15, -0.1) is 11.8 Å². The summed E-state index contributed by atoms with van der Waals surface area (Å²) in [6.07, 6.45) is 1.09. The maximum atomic E-state index is 12.8. The predicted molar refractivity (Wildman–Crippen MR) is 85.3 cm³/mol.